The lowest BCUT2D eigenvalue weighted by molar-refractivity contribution is -0.0170. The third-order valence-electron chi connectivity index (χ3n) is 6.54. The van der Waals surface area contributed by atoms with Crippen LogP contribution in [-0.4, -0.2) is 63.8 Å². The van der Waals surface area contributed by atoms with Crippen molar-refractivity contribution in [2.45, 2.75) is 51.8 Å². The molecule has 1 aliphatic heterocycles. The van der Waals surface area contributed by atoms with Gasteiger partial charge in [-0.25, -0.2) is 0 Å². The molecule has 0 amide bonds. The zero-order valence-electron chi connectivity index (χ0n) is 20.9. The van der Waals surface area contributed by atoms with Crippen molar-refractivity contribution in [3.05, 3.63) is 65.7 Å². The molecule has 1 N–H and O–H groups in total. The van der Waals surface area contributed by atoms with E-state index in [1.807, 2.05) is 35.8 Å². The van der Waals surface area contributed by atoms with Crippen LogP contribution in [0.3, 0.4) is 0 Å². The molecule has 8 heteroatoms. The predicted octanol–water partition coefficient (Wildman–Crippen LogP) is 3.78. The number of aryl methyl sites for hydroxylation is 2. The minimum atomic E-state index is -0.813. The Morgan fingerprint density at radius 1 is 0.943 bits per heavy atom. The van der Waals surface area contributed by atoms with Crippen LogP contribution in [0.15, 0.2) is 49.1 Å². The van der Waals surface area contributed by atoms with Gasteiger partial charge in [0.05, 0.1) is 19.3 Å². The van der Waals surface area contributed by atoms with Crippen molar-refractivity contribution < 1.29 is 19.3 Å². The van der Waals surface area contributed by atoms with Crippen molar-refractivity contribution in [1.82, 2.24) is 19.7 Å². The number of rotatable bonds is 10. The van der Waals surface area contributed by atoms with E-state index in [2.05, 4.69) is 34.2 Å². The van der Waals surface area contributed by atoms with E-state index in [9.17, 15) is 5.11 Å². The summed E-state index contributed by atoms with van der Waals surface area (Å²) in [5, 5.41) is 18.8. The van der Waals surface area contributed by atoms with Gasteiger partial charge in [-0.15, -0.1) is 10.2 Å². The first-order valence-corrected chi connectivity index (χ1v) is 12.2. The van der Waals surface area contributed by atoms with E-state index < -0.39 is 5.60 Å². The Kier molecular flexibility index (Phi) is 8.25. The van der Waals surface area contributed by atoms with Gasteiger partial charge in [-0.3, -0.25) is 4.90 Å². The molecule has 35 heavy (non-hydrogen) atoms. The summed E-state index contributed by atoms with van der Waals surface area (Å²) in [6.07, 6.45) is 5.67. The minimum Gasteiger partial charge on any atom is -0.493 e. The monoisotopic (exact) mass is 480 g/mol. The summed E-state index contributed by atoms with van der Waals surface area (Å²) in [6.45, 7) is 8.15. The maximum atomic E-state index is 11.2. The van der Waals surface area contributed by atoms with E-state index in [4.69, 9.17) is 14.2 Å². The van der Waals surface area contributed by atoms with Gasteiger partial charge in [0, 0.05) is 13.1 Å². The number of hydrogen-bond donors (Lipinski definition) is 1. The van der Waals surface area contributed by atoms with E-state index in [1.165, 1.54) is 5.56 Å². The molecule has 0 bridgehead atoms. The maximum absolute atomic E-state index is 11.2. The van der Waals surface area contributed by atoms with Gasteiger partial charge in [-0.05, 0) is 69.0 Å². The van der Waals surface area contributed by atoms with Gasteiger partial charge in [0.15, 0.2) is 11.5 Å². The first-order valence-electron chi connectivity index (χ1n) is 12.2. The number of hydrogen-bond acceptors (Lipinski definition) is 7. The minimum absolute atomic E-state index is 0.319. The second-order valence-electron chi connectivity index (χ2n) is 9.45. The van der Waals surface area contributed by atoms with Gasteiger partial charge < -0.3 is 23.9 Å². The standard InChI is InChI=1S/C27H36N4O4/c1-21-5-7-24(22(2)15-21)35-18-27(32)9-4-11-30(12-10-27)17-23-6-8-25(26(16-23)33-3)34-14-13-31-19-28-29-20-31/h5-8,15-16,19-20,32H,4,9-14,17-18H2,1-3H3. The molecule has 1 unspecified atom stereocenters. The average molecular weight is 481 g/mol. The predicted molar refractivity (Wildman–Crippen MR) is 134 cm³/mol. The average Bonchev–Trinajstić information content (AvgIpc) is 3.29. The maximum Gasteiger partial charge on any atom is 0.161 e. The number of ether oxygens (including phenoxy) is 3. The molecule has 4 rings (SSSR count). The normalized spacial score (nSPS) is 18.7. The van der Waals surface area contributed by atoms with Crippen LogP contribution >= 0.6 is 0 Å². The fraction of sp³-hybridized carbons (Fsp3) is 0.481. The molecule has 1 atom stereocenters. The molecular formula is C27H36N4O4. The zero-order chi connectivity index (χ0) is 24.7. The number of aliphatic hydroxyl groups is 1. The summed E-state index contributed by atoms with van der Waals surface area (Å²) >= 11 is 0. The van der Waals surface area contributed by atoms with E-state index in [-0.39, 0.29) is 0 Å². The first kappa shape index (κ1) is 25.0. The Hall–Kier alpha value is -3.10. The Morgan fingerprint density at radius 2 is 1.74 bits per heavy atom. The summed E-state index contributed by atoms with van der Waals surface area (Å²) in [4.78, 5) is 2.39. The molecule has 2 heterocycles. The fourth-order valence-electron chi connectivity index (χ4n) is 4.50. The van der Waals surface area contributed by atoms with Crippen LogP contribution in [0.2, 0.25) is 0 Å². The largest absolute Gasteiger partial charge is 0.493 e. The molecule has 1 aliphatic rings. The number of benzene rings is 2. The molecule has 1 aromatic heterocycles. The van der Waals surface area contributed by atoms with Crippen LogP contribution in [0, 0.1) is 13.8 Å². The molecular weight excluding hydrogens is 444 g/mol. The zero-order valence-corrected chi connectivity index (χ0v) is 20.9. The molecule has 3 aromatic rings. The highest BCUT2D eigenvalue weighted by Crippen LogP contribution is 2.30. The first-order chi connectivity index (χ1) is 16.9. The van der Waals surface area contributed by atoms with E-state index >= 15 is 0 Å². The lowest BCUT2D eigenvalue weighted by atomic mass is 9.96. The van der Waals surface area contributed by atoms with Crippen LogP contribution < -0.4 is 14.2 Å². The third-order valence-corrected chi connectivity index (χ3v) is 6.54. The molecule has 0 saturated carbocycles. The summed E-state index contributed by atoms with van der Waals surface area (Å²) in [7, 11) is 1.66. The van der Waals surface area contributed by atoms with Gasteiger partial charge >= 0.3 is 0 Å². The highest BCUT2D eigenvalue weighted by molar-refractivity contribution is 5.43. The summed E-state index contributed by atoms with van der Waals surface area (Å²) in [5.41, 5.74) is 2.66. The van der Waals surface area contributed by atoms with E-state index in [1.54, 1.807) is 19.8 Å². The van der Waals surface area contributed by atoms with Crippen molar-refractivity contribution >= 4 is 0 Å². The van der Waals surface area contributed by atoms with E-state index in [0.29, 0.717) is 26.2 Å². The molecule has 0 spiro atoms. The molecule has 1 fully saturated rings. The summed E-state index contributed by atoms with van der Waals surface area (Å²) < 4.78 is 19.4. The topological polar surface area (TPSA) is 81.9 Å². The molecule has 188 valence electrons. The smallest absolute Gasteiger partial charge is 0.161 e. The Balaban J connectivity index is 1.29. The van der Waals surface area contributed by atoms with Gasteiger partial charge in [-0.2, -0.15) is 0 Å². The second-order valence-corrected chi connectivity index (χ2v) is 9.45. The van der Waals surface area contributed by atoms with Gasteiger partial charge in [-0.1, -0.05) is 23.8 Å². The van der Waals surface area contributed by atoms with Crippen molar-refractivity contribution in [3.8, 4) is 17.2 Å². The molecule has 0 aliphatic carbocycles. The highest BCUT2D eigenvalue weighted by Gasteiger charge is 2.31. The van der Waals surface area contributed by atoms with Gasteiger partial charge in [0.25, 0.3) is 0 Å². The number of nitrogens with zero attached hydrogens (tertiary/aromatic N) is 4. The van der Waals surface area contributed by atoms with Crippen molar-refractivity contribution in [3.63, 3.8) is 0 Å². The van der Waals surface area contributed by atoms with Crippen LogP contribution in [0.4, 0.5) is 0 Å². The number of likely N-dealkylation sites (tertiary alicyclic amines) is 1. The second kappa shape index (κ2) is 11.6. The Morgan fingerprint density at radius 3 is 2.51 bits per heavy atom. The van der Waals surface area contributed by atoms with Gasteiger partial charge in [0.1, 0.15) is 31.6 Å². The molecule has 8 nitrogen and oxygen atoms in total. The van der Waals surface area contributed by atoms with Crippen LogP contribution in [0.5, 0.6) is 17.2 Å². The molecule has 1 saturated heterocycles. The van der Waals surface area contributed by atoms with Crippen LogP contribution in [0.25, 0.3) is 0 Å². The van der Waals surface area contributed by atoms with Crippen molar-refractivity contribution in [1.29, 1.82) is 0 Å². The lowest BCUT2D eigenvalue weighted by Crippen LogP contribution is -2.37. The fourth-order valence-corrected chi connectivity index (χ4v) is 4.50. The van der Waals surface area contributed by atoms with Crippen LogP contribution in [0.1, 0.15) is 36.0 Å². The Bertz CT molecular complexity index is 1090. The molecule has 2 aromatic carbocycles. The summed E-state index contributed by atoms with van der Waals surface area (Å²) in [6, 6.07) is 12.2. The molecule has 0 radical (unpaired) electrons. The SMILES string of the molecule is COc1cc(CN2CCCC(O)(COc3ccc(C)cc3C)CC2)ccc1OCCn1cnnc1. The van der Waals surface area contributed by atoms with E-state index in [0.717, 1.165) is 60.9 Å². The number of methoxy groups -OCH3 is 1. The summed E-state index contributed by atoms with van der Waals surface area (Å²) in [5.74, 6) is 2.29. The lowest BCUT2D eigenvalue weighted by Gasteiger charge is -2.27. The van der Waals surface area contributed by atoms with Crippen LogP contribution in [-0.2, 0) is 13.1 Å². The quantitative estimate of drug-likeness (QED) is 0.473. The number of aromatic nitrogens is 3. The third kappa shape index (κ3) is 6.96. The van der Waals surface area contributed by atoms with Gasteiger partial charge in [0.2, 0.25) is 0 Å². The highest BCUT2D eigenvalue weighted by atomic mass is 16.5. The van der Waals surface area contributed by atoms with Crippen molar-refractivity contribution in [2.24, 2.45) is 0 Å². The van der Waals surface area contributed by atoms with Crippen molar-refractivity contribution in [2.75, 3.05) is 33.4 Å². The Labute approximate surface area is 207 Å².